The molecular weight excluding hydrogens is 376 g/mol. The molecule has 5 heteroatoms. The largest absolute Gasteiger partial charge is 0.464 e. The minimum Gasteiger partial charge on any atom is -0.464 e. The van der Waals surface area contributed by atoms with Gasteiger partial charge in [0.15, 0.2) is 6.04 Å². The average Bonchev–Trinajstić information content (AvgIpc) is 3.10. The van der Waals surface area contributed by atoms with Gasteiger partial charge in [0.1, 0.15) is 18.1 Å². The van der Waals surface area contributed by atoms with Crippen LogP contribution in [0.2, 0.25) is 0 Å². The molecule has 1 saturated heterocycles. The molecule has 0 unspecified atom stereocenters. The van der Waals surface area contributed by atoms with Gasteiger partial charge in [0.05, 0.1) is 5.69 Å². The summed E-state index contributed by atoms with van der Waals surface area (Å²) in [6.45, 7) is 9.72. The third-order valence-corrected chi connectivity index (χ3v) is 5.67. The van der Waals surface area contributed by atoms with E-state index in [0.29, 0.717) is 11.5 Å². The minimum atomic E-state index is -0.847. The summed E-state index contributed by atoms with van der Waals surface area (Å²) in [5.74, 6) is 0.876. The monoisotopic (exact) mass is 402 g/mol. The molecule has 0 spiro atoms. The van der Waals surface area contributed by atoms with E-state index in [4.69, 9.17) is 4.42 Å². The van der Waals surface area contributed by atoms with E-state index >= 15 is 0 Å². The molecular formula is C25H26N2O3. The summed E-state index contributed by atoms with van der Waals surface area (Å²) >= 11 is 0. The Labute approximate surface area is 176 Å². The SMILES string of the molecule is Cc1ccc(N2C(=O)CN(c3c(C)cccc3C)C(=O)[C@@H]2c2ccc(C)o2)c(C)c1. The lowest BCUT2D eigenvalue weighted by Crippen LogP contribution is -2.56. The van der Waals surface area contributed by atoms with Crippen LogP contribution in [0.15, 0.2) is 52.9 Å². The summed E-state index contributed by atoms with van der Waals surface area (Å²) in [6, 6.07) is 14.5. The predicted molar refractivity (Wildman–Crippen MR) is 118 cm³/mol. The molecule has 0 aliphatic carbocycles. The number of piperazine rings is 1. The smallest absolute Gasteiger partial charge is 0.258 e. The highest BCUT2D eigenvalue weighted by Crippen LogP contribution is 2.38. The van der Waals surface area contributed by atoms with Gasteiger partial charge >= 0.3 is 0 Å². The number of hydrogen-bond donors (Lipinski definition) is 0. The van der Waals surface area contributed by atoms with Crippen molar-refractivity contribution in [3.05, 3.63) is 82.3 Å². The van der Waals surface area contributed by atoms with E-state index in [1.54, 1.807) is 15.9 Å². The number of hydrogen-bond acceptors (Lipinski definition) is 3. The lowest BCUT2D eigenvalue weighted by Gasteiger charge is -2.40. The zero-order valence-corrected chi connectivity index (χ0v) is 18.0. The third kappa shape index (κ3) is 3.30. The number of anilines is 2. The van der Waals surface area contributed by atoms with Gasteiger partial charge in [0.2, 0.25) is 5.91 Å². The first-order valence-electron chi connectivity index (χ1n) is 10.1. The molecule has 0 N–H and O–H groups in total. The highest BCUT2D eigenvalue weighted by Gasteiger charge is 2.44. The molecule has 2 amide bonds. The summed E-state index contributed by atoms with van der Waals surface area (Å²) < 4.78 is 5.86. The molecule has 154 valence electrons. The van der Waals surface area contributed by atoms with Gasteiger partial charge in [-0.25, -0.2) is 0 Å². The topological polar surface area (TPSA) is 53.8 Å². The first-order chi connectivity index (χ1) is 14.3. The number of rotatable bonds is 3. The van der Waals surface area contributed by atoms with Gasteiger partial charge in [-0.15, -0.1) is 0 Å². The van der Waals surface area contributed by atoms with Gasteiger partial charge in [-0.2, -0.15) is 0 Å². The van der Waals surface area contributed by atoms with Gasteiger partial charge in [-0.3, -0.25) is 14.5 Å². The molecule has 3 aromatic rings. The Morgan fingerprint density at radius 3 is 2.17 bits per heavy atom. The maximum atomic E-state index is 13.8. The summed E-state index contributed by atoms with van der Waals surface area (Å²) in [5, 5.41) is 0. The summed E-state index contributed by atoms with van der Waals surface area (Å²) in [4.78, 5) is 30.5. The maximum absolute atomic E-state index is 13.8. The number of furan rings is 1. The zero-order chi connectivity index (χ0) is 21.6. The van der Waals surface area contributed by atoms with Crippen molar-refractivity contribution in [1.29, 1.82) is 0 Å². The van der Waals surface area contributed by atoms with Crippen LogP contribution in [0.5, 0.6) is 0 Å². The molecule has 1 fully saturated rings. The quantitative estimate of drug-likeness (QED) is 0.623. The Balaban J connectivity index is 1.87. The van der Waals surface area contributed by atoms with Crippen LogP contribution in [0, 0.1) is 34.6 Å². The lowest BCUT2D eigenvalue weighted by molar-refractivity contribution is -0.129. The molecule has 0 saturated carbocycles. The molecule has 1 aliphatic rings. The molecule has 5 nitrogen and oxygen atoms in total. The Kier molecular flexibility index (Phi) is 4.98. The van der Waals surface area contributed by atoms with E-state index in [1.165, 1.54) is 0 Å². The van der Waals surface area contributed by atoms with Gasteiger partial charge in [0.25, 0.3) is 5.91 Å². The second kappa shape index (κ2) is 7.48. The van der Waals surface area contributed by atoms with Gasteiger partial charge in [-0.05, 0) is 69.5 Å². The van der Waals surface area contributed by atoms with Crippen molar-refractivity contribution in [3.63, 3.8) is 0 Å². The first kappa shape index (κ1) is 20.0. The predicted octanol–water partition coefficient (Wildman–Crippen LogP) is 4.94. The minimum absolute atomic E-state index is 0.00592. The van der Waals surface area contributed by atoms with Gasteiger partial charge < -0.3 is 9.32 Å². The highest BCUT2D eigenvalue weighted by molar-refractivity contribution is 6.15. The molecule has 2 heterocycles. The lowest BCUT2D eigenvalue weighted by atomic mass is 10.0. The molecule has 4 rings (SSSR count). The summed E-state index contributed by atoms with van der Waals surface area (Å²) in [6.07, 6.45) is 0. The molecule has 2 aromatic carbocycles. The fourth-order valence-corrected chi connectivity index (χ4v) is 4.31. The molecule has 0 bridgehead atoms. The van der Waals surface area contributed by atoms with E-state index in [2.05, 4.69) is 0 Å². The van der Waals surface area contributed by atoms with Crippen LogP contribution in [0.3, 0.4) is 0 Å². The molecule has 30 heavy (non-hydrogen) atoms. The molecule has 1 aromatic heterocycles. The van der Waals surface area contributed by atoms with Crippen LogP contribution < -0.4 is 9.80 Å². The van der Waals surface area contributed by atoms with Crippen molar-refractivity contribution in [1.82, 2.24) is 0 Å². The number of carbonyl (C=O) groups is 2. The molecule has 1 atom stereocenters. The molecule has 1 aliphatic heterocycles. The molecule has 0 radical (unpaired) electrons. The van der Waals surface area contributed by atoms with E-state index in [9.17, 15) is 9.59 Å². The van der Waals surface area contributed by atoms with E-state index < -0.39 is 6.04 Å². The maximum Gasteiger partial charge on any atom is 0.258 e. The van der Waals surface area contributed by atoms with Crippen LogP contribution in [0.1, 0.15) is 39.8 Å². The summed E-state index contributed by atoms with van der Waals surface area (Å²) in [7, 11) is 0. The number of nitrogens with zero attached hydrogens (tertiary/aromatic N) is 2. The first-order valence-corrected chi connectivity index (χ1v) is 10.1. The standard InChI is InChI=1S/C25H26N2O3/c1-15-9-11-20(18(4)13-15)27-22(28)14-26(23-16(2)7-6-8-17(23)3)25(29)24(27)21-12-10-19(5)30-21/h6-13,24H,14H2,1-5H3/t24-/m0/s1. The van der Waals surface area contributed by atoms with Gasteiger partial charge in [0, 0.05) is 5.69 Å². The fourth-order valence-electron chi connectivity index (χ4n) is 4.31. The Bertz CT molecular complexity index is 1120. The van der Waals surface area contributed by atoms with Crippen molar-refractivity contribution >= 4 is 23.2 Å². The fraction of sp³-hybridized carbons (Fsp3) is 0.280. The Hall–Kier alpha value is -3.34. The van der Waals surface area contributed by atoms with Gasteiger partial charge in [-0.1, -0.05) is 35.9 Å². The third-order valence-electron chi connectivity index (χ3n) is 5.67. The van der Waals surface area contributed by atoms with E-state index in [-0.39, 0.29) is 18.4 Å². The van der Waals surface area contributed by atoms with Crippen molar-refractivity contribution in [2.75, 3.05) is 16.3 Å². The van der Waals surface area contributed by atoms with Crippen LogP contribution in [-0.4, -0.2) is 18.4 Å². The summed E-state index contributed by atoms with van der Waals surface area (Å²) in [5.41, 5.74) is 5.51. The van der Waals surface area contributed by atoms with Crippen molar-refractivity contribution in [2.24, 2.45) is 0 Å². The number of carbonyl (C=O) groups excluding carboxylic acids is 2. The second-order valence-corrected chi connectivity index (χ2v) is 8.07. The number of para-hydroxylation sites is 1. The number of amides is 2. The van der Waals surface area contributed by atoms with Crippen LogP contribution >= 0.6 is 0 Å². The number of aryl methyl sites for hydroxylation is 5. The van der Waals surface area contributed by atoms with Crippen molar-refractivity contribution in [2.45, 2.75) is 40.7 Å². The van der Waals surface area contributed by atoms with Crippen molar-refractivity contribution in [3.8, 4) is 0 Å². The van der Waals surface area contributed by atoms with Crippen molar-refractivity contribution < 1.29 is 14.0 Å². The Morgan fingerprint density at radius 1 is 0.867 bits per heavy atom. The van der Waals surface area contributed by atoms with Crippen LogP contribution in [0.25, 0.3) is 0 Å². The van der Waals surface area contributed by atoms with E-state index in [1.807, 2.05) is 77.1 Å². The highest BCUT2D eigenvalue weighted by atomic mass is 16.3. The number of benzene rings is 2. The van der Waals surface area contributed by atoms with E-state index in [0.717, 1.165) is 33.6 Å². The zero-order valence-electron chi connectivity index (χ0n) is 18.0. The van der Waals surface area contributed by atoms with Crippen LogP contribution in [-0.2, 0) is 9.59 Å². The normalized spacial score (nSPS) is 17.0. The average molecular weight is 402 g/mol. The Morgan fingerprint density at radius 2 is 1.57 bits per heavy atom. The van der Waals surface area contributed by atoms with Crippen LogP contribution in [0.4, 0.5) is 11.4 Å². The second-order valence-electron chi connectivity index (χ2n) is 8.07.